The highest BCUT2D eigenvalue weighted by Gasteiger charge is 2.26. The van der Waals surface area contributed by atoms with Crippen molar-refractivity contribution in [2.24, 2.45) is 5.41 Å². The van der Waals surface area contributed by atoms with Crippen LogP contribution >= 0.6 is 0 Å². The summed E-state index contributed by atoms with van der Waals surface area (Å²) in [4.78, 5) is 0. The first-order chi connectivity index (χ1) is 7.89. The third-order valence-electron chi connectivity index (χ3n) is 3.40. The summed E-state index contributed by atoms with van der Waals surface area (Å²) >= 11 is 0. The maximum absolute atomic E-state index is 11.9. The third kappa shape index (κ3) is 7.60. The minimum Gasteiger partial charge on any atom is -0.396 e. The van der Waals surface area contributed by atoms with Crippen molar-refractivity contribution in [1.82, 2.24) is 5.32 Å². The van der Waals surface area contributed by atoms with E-state index in [2.05, 4.69) is 5.32 Å². The van der Waals surface area contributed by atoms with Crippen molar-refractivity contribution in [2.45, 2.75) is 52.1 Å². The van der Waals surface area contributed by atoms with Crippen LogP contribution in [0.4, 0.5) is 13.2 Å². The maximum atomic E-state index is 11.9. The molecule has 0 aliphatic heterocycles. The summed E-state index contributed by atoms with van der Waals surface area (Å²) in [6.45, 7) is 5.41. The zero-order chi connectivity index (χ0) is 13.4. The number of aliphatic hydroxyl groups excluding tert-OH is 1. The van der Waals surface area contributed by atoms with Gasteiger partial charge in [0.25, 0.3) is 0 Å². The lowest BCUT2D eigenvalue weighted by Gasteiger charge is -2.29. The van der Waals surface area contributed by atoms with Crippen LogP contribution in [0.25, 0.3) is 0 Å². The van der Waals surface area contributed by atoms with Gasteiger partial charge in [0.2, 0.25) is 0 Å². The Balaban J connectivity index is 3.63. The Bertz CT molecular complexity index is 182. The van der Waals surface area contributed by atoms with Crippen LogP contribution in [0.2, 0.25) is 0 Å². The van der Waals surface area contributed by atoms with E-state index in [0.29, 0.717) is 19.5 Å². The fraction of sp³-hybridized carbons (Fsp3) is 1.00. The predicted molar refractivity (Wildman–Crippen MR) is 62.9 cm³/mol. The van der Waals surface area contributed by atoms with Gasteiger partial charge in [-0.3, -0.25) is 0 Å². The molecule has 0 unspecified atom stereocenters. The summed E-state index contributed by atoms with van der Waals surface area (Å²) in [6.07, 6.45) is -2.32. The second kappa shape index (κ2) is 7.93. The van der Waals surface area contributed by atoms with Crippen molar-refractivity contribution >= 4 is 0 Å². The smallest absolute Gasteiger partial charge is 0.389 e. The number of nitrogens with one attached hydrogen (secondary N) is 1. The Morgan fingerprint density at radius 1 is 1.06 bits per heavy atom. The molecular weight excluding hydrogens is 231 g/mol. The molecule has 0 saturated carbocycles. The number of rotatable bonds is 9. The highest BCUT2D eigenvalue weighted by atomic mass is 19.4. The van der Waals surface area contributed by atoms with E-state index in [1.807, 2.05) is 13.8 Å². The number of halogens is 3. The van der Waals surface area contributed by atoms with Gasteiger partial charge in [-0.15, -0.1) is 0 Å². The van der Waals surface area contributed by atoms with E-state index in [-0.39, 0.29) is 18.4 Å². The molecule has 0 spiro atoms. The SMILES string of the molecule is CCC(CC)(CO)CNCCCCC(F)(F)F. The molecule has 0 bridgehead atoms. The van der Waals surface area contributed by atoms with Crippen molar-refractivity contribution < 1.29 is 18.3 Å². The van der Waals surface area contributed by atoms with E-state index in [9.17, 15) is 18.3 Å². The first-order valence-corrected chi connectivity index (χ1v) is 6.27. The number of hydrogen-bond acceptors (Lipinski definition) is 2. The summed E-state index contributed by atoms with van der Waals surface area (Å²) in [6, 6.07) is 0. The molecule has 0 radical (unpaired) electrons. The van der Waals surface area contributed by atoms with Crippen LogP contribution in [0.5, 0.6) is 0 Å². The molecule has 0 aromatic heterocycles. The summed E-state index contributed by atoms with van der Waals surface area (Å²) in [7, 11) is 0. The second-order valence-corrected chi connectivity index (χ2v) is 4.61. The molecule has 104 valence electrons. The Labute approximate surface area is 102 Å². The lowest BCUT2D eigenvalue weighted by Crippen LogP contribution is -2.36. The summed E-state index contributed by atoms with van der Waals surface area (Å²) < 4.78 is 35.6. The molecule has 2 nitrogen and oxygen atoms in total. The van der Waals surface area contributed by atoms with Gasteiger partial charge in [-0.25, -0.2) is 0 Å². The van der Waals surface area contributed by atoms with E-state index in [1.54, 1.807) is 0 Å². The van der Waals surface area contributed by atoms with Gasteiger partial charge in [0.05, 0.1) is 0 Å². The highest BCUT2D eigenvalue weighted by Crippen LogP contribution is 2.24. The zero-order valence-electron chi connectivity index (χ0n) is 10.7. The van der Waals surface area contributed by atoms with Crippen molar-refractivity contribution in [1.29, 1.82) is 0 Å². The van der Waals surface area contributed by atoms with Crippen molar-refractivity contribution in [3.63, 3.8) is 0 Å². The van der Waals surface area contributed by atoms with Crippen LogP contribution in [0, 0.1) is 5.41 Å². The van der Waals surface area contributed by atoms with Gasteiger partial charge >= 0.3 is 6.18 Å². The van der Waals surface area contributed by atoms with Gasteiger partial charge in [0.1, 0.15) is 0 Å². The van der Waals surface area contributed by atoms with Crippen LogP contribution in [0.15, 0.2) is 0 Å². The van der Waals surface area contributed by atoms with Gasteiger partial charge < -0.3 is 10.4 Å². The largest absolute Gasteiger partial charge is 0.396 e. The van der Waals surface area contributed by atoms with Crippen molar-refractivity contribution in [3.05, 3.63) is 0 Å². The average Bonchev–Trinajstić information content (AvgIpc) is 2.28. The van der Waals surface area contributed by atoms with Gasteiger partial charge in [-0.1, -0.05) is 13.8 Å². The molecule has 5 heteroatoms. The molecule has 0 aromatic rings. The molecule has 17 heavy (non-hydrogen) atoms. The van der Waals surface area contributed by atoms with E-state index in [4.69, 9.17) is 0 Å². The van der Waals surface area contributed by atoms with Crippen LogP contribution < -0.4 is 5.32 Å². The molecule has 0 rings (SSSR count). The van der Waals surface area contributed by atoms with E-state index >= 15 is 0 Å². The normalized spacial score (nSPS) is 13.1. The number of alkyl halides is 3. The maximum Gasteiger partial charge on any atom is 0.389 e. The number of aliphatic hydroxyl groups is 1. The Morgan fingerprint density at radius 2 is 1.65 bits per heavy atom. The van der Waals surface area contributed by atoms with Crippen molar-refractivity contribution in [3.8, 4) is 0 Å². The lowest BCUT2D eigenvalue weighted by atomic mass is 9.83. The van der Waals surface area contributed by atoms with Gasteiger partial charge in [-0.2, -0.15) is 13.2 Å². The highest BCUT2D eigenvalue weighted by molar-refractivity contribution is 4.78. The average molecular weight is 255 g/mol. The molecule has 0 fully saturated rings. The molecule has 0 amide bonds. The summed E-state index contributed by atoms with van der Waals surface area (Å²) in [5.74, 6) is 0. The third-order valence-corrected chi connectivity index (χ3v) is 3.40. The van der Waals surface area contributed by atoms with Gasteiger partial charge in [0.15, 0.2) is 0 Å². The predicted octanol–water partition coefficient (Wildman–Crippen LogP) is 3.11. The zero-order valence-corrected chi connectivity index (χ0v) is 10.7. The minimum absolute atomic E-state index is 0.121. The van der Waals surface area contributed by atoms with Crippen LogP contribution in [-0.4, -0.2) is 31.0 Å². The number of unbranched alkanes of at least 4 members (excludes halogenated alkanes) is 1. The molecule has 0 aliphatic carbocycles. The number of hydrogen-bond donors (Lipinski definition) is 2. The molecular formula is C12H24F3NO. The Hall–Kier alpha value is -0.290. The lowest BCUT2D eigenvalue weighted by molar-refractivity contribution is -0.135. The van der Waals surface area contributed by atoms with Crippen LogP contribution in [0.1, 0.15) is 46.0 Å². The van der Waals surface area contributed by atoms with E-state index in [1.165, 1.54) is 0 Å². The van der Waals surface area contributed by atoms with Crippen LogP contribution in [0.3, 0.4) is 0 Å². The monoisotopic (exact) mass is 255 g/mol. The van der Waals surface area contributed by atoms with Crippen LogP contribution in [-0.2, 0) is 0 Å². The fourth-order valence-electron chi connectivity index (χ4n) is 1.71. The Morgan fingerprint density at radius 3 is 2.06 bits per heavy atom. The van der Waals surface area contributed by atoms with E-state index in [0.717, 1.165) is 12.8 Å². The minimum atomic E-state index is -4.04. The molecule has 0 aromatic carbocycles. The van der Waals surface area contributed by atoms with Gasteiger partial charge in [-0.05, 0) is 32.2 Å². The molecule has 0 saturated heterocycles. The first kappa shape index (κ1) is 16.7. The molecule has 0 aliphatic rings. The quantitative estimate of drug-likeness (QED) is 0.620. The molecule has 2 N–H and O–H groups in total. The van der Waals surface area contributed by atoms with Gasteiger partial charge in [0, 0.05) is 25.0 Å². The first-order valence-electron chi connectivity index (χ1n) is 6.27. The van der Waals surface area contributed by atoms with E-state index < -0.39 is 12.6 Å². The topological polar surface area (TPSA) is 32.3 Å². The standard InChI is InChI=1S/C12H24F3NO/c1-3-11(4-2,10-17)9-16-8-6-5-7-12(13,14)15/h16-17H,3-10H2,1-2H3. The fourth-order valence-corrected chi connectivity index (χ4v) is 1.71. The Kier molecular flexibility index (Phi) is 7.79. The van der Waals surface area contributed by atoms with Crippen molar-refractivity contribution in [2.75, 3.05) is 19.7 Å². The summed E-state index contributed by atoms with van der Waals surface area (Å²) in [5.41, 5.74) is -0.121. The molecule has 0 atom stereocenters. The second-order valence-electron chi connectivity index (χ2n) is 4.61. The summed E-state index contributed by atoms with van der Waals surface area (Å²) in [5, 5.41) is 12.4. The molecule has 0 heterocycles.